The van der Waals surface area contributed by atoms with Crippen molar-refractivity contribution in [2.24, 2.45) is 0 Å². The summed E-state index contributed by atoms with van der Waals surface area (Å²) in [6.45, 7) is -0.177. The number of hydrogen-bond donors (Lipinski definition) is 1. The standard InChI is InChI=1S/C21H13Cl3N2O3/c22-13-2-5-15(6-3-13)28-11-20(27)25-17-9-12(1-7-16(17)24)21-26-18-10-14(23)4-8-19(18)29-21/h1-10H,11H2,(H,25,27). The quantitative estimate of drug-likeness (QED) is 0.381. The molecule has 0 bridgehead atoms. The highest BCUT2D eigenvalue weighted by molar-refractivity contribution is 6.34. The SMILES string of the molecule is O=C(COc1ccc(Cl)cc1)Nc1cc(-c2nc3cc(Cl)ccc3o2)ccc1Cl. The molecule has 0 aliphatic rings. The third-order valence-electron chi connectivity index (χ3n) is 4.02. The molecule has 0 unspecified atom stereocenters. The third kappa shape index (κ3) is 4.65. The van der Waals surface area contributed by atoms with Gasteiger partial charge in [-0.05, 0) is 60.7 Å². The van der Waals surface area contributed by atoms with Crippen LogP contribution in [0.15, 0.2) is 65.1 Å². The number of hydrogen-bond acceptors (Lipinski definition) is 4. The number of anilines is 1. The van der Waals surface area contributed by atoms with Crippen LogP contribution < -0.4 is 10.1 Å². The number of oxazole rings is 1. The van der Waals surface area contributed by atoms with Crippen LogP contribution in [0.1, 0.15) is 0 Å². The monoisotopic (exact) mass is 446 g/mol. The van der Waals surface area contributed by atoms with Crippen LogP contribution in [0.25, 0.3) is 22.6 Å². The molecule has 1 aromatic heterocycles. The van der Waals surface area contributed by atoms with Crippen molar-refractivity contribution in [1.29, 1.82) is 0 Å². The van der Waals surface area contributed by atoms with Gasteiger partial charge in [0.25, 0.3) is 5.91 Å². The first-order chi connectivity index (χ1) is 14.0. The number of carbonyl (C=O) groups excluding carboxylic acids is 1. The highest BCUT2D eigenvalue weighted by Gasteiger charge is 2.13. The molecule has 0 aliphatic carbocycles. The van der Waals surface area contributed by atoms with Gasteiger partial charge in [0.2, 0.25) is 5.89 Å². The van der Waals surface area contributed by atoms with Gasteiger partial charge >= 0.3 is 0 Å². The lowest BCUT2D eigenvalue weighted by Crippen LogP contribution is -2.20. The van der Waals surface area contributed by atoms with Crippen molar-refractivity contribution >= 4 is 57.5 Å². The molecule has 0 radical (unpaired) electrons. The van der Waals surface area contributed by atoms with Gasteiger partial charge in [-0.25, -0.2) is 4.98 Å². The molecule has 1 heterocycles. The van der Waals surface area contributed by atoms with Crippen LogP contribution in [0.5, 0.6) is 5.75 Å². The minimum absolute atomic E-state index is 0.177. The first-order valence-corrected chi connectivity index (χ1v) is 9.65. The normalized spacial score (nSPS) is 10.9. The Morgan fingerprint density at radius 1 is 0.966 bits per heavy atom. The Kier molecular flexibility index (Phi) is 5.62. The number of amides is 1. The Bertz CT molecular complexity index is 1190. The van der Waals surface area contributed by atoms with Crippen molar-refractivity contribution in [3.8, 4) is 17.2 Å². The maximum Gasteiger partial charge on any atom is 0.262 e. The molecule has 8 heteroatoms. The second-order valence-corrected chi connectivity index (χ2v) is 7.40. The van der Waals surface area contributed by atoms with Crippen LogP contribution in [-0.4, -0.2) is 17.5 Å². The zero-order valence-corrected chi connectivity index (χ0v) is 17.1. The molecule has 5 nitrogen and oxygen atoms in total. The minimum atomic E-state index is -0.358. The number of ether oxygens (including phenoxy) is 1. The summed E-state index contributed by atoms with van der Waals surface area (Å²) >= 11 is 18.0. The van der Waals surface area contributed by atoms with Crippen LogP contribution in [0.3, 0.4) is 0 Å². The van der Waals surface area contributed by atoms with Gasteiger partial charge in [0, 0.05) is 15.6 Å². The molecule has 146 valence electrons. The Hall–Kier alpha value is -2.73. The van der Waals surface area contributed by atoms with Crippen molar-refractivity contribution in [2.75, 3.05) is 11.9 Å². The van der Waals surface area contributed by atoms with Crippen LogP contribution in [0.2, 0.25) is 15.1 Å². The Morgan fingerprint density at radius 3 is 2.52 bits per heavy atom. The molecule has 3 aromatic carbocycles. The Balaban J connectivity index is 1.50. The summed E-state index contributed by atoms with van der Waals surface area (Å²) in [4.78, 5) is 16.7. The molecule has 0 spiro atoms. The first kappa shape index (κ1) is 19.6. The fraction of sp³-hybridized carbons (Fsp3) is 0.0476. The average Bonchev–Trinajstić information content (AvgIpc) is 3.12. The lowest BCUT2D eigenvalue weighted by molar-refractivity contribution is -0.118. The topological polar surface area (TPSA) is 64.4 Å². The number of aromatic nitrogens is 1. The number of benzene rings is 3. The fourth-order valence-corrected chi connectivity index (χ4v) is 3.10. The van der Waals surface area contributed by atoms with E-state index in [2.05, 4.69) is 10.3 Å². The van der Waals surface area contributed by atoms with Gasteiger partial charge in [-0.3, -0.25) is 4.79 Å². The number of rotatable bonds is 5. The van der Waals surface area contributed by atoms with Gasteiger partial charge in [-0.1, -0.05) is 34.8 Å². The van der Waals surface area contributed by atoms with Gasteiger partial charge in [0.1, 0.15) is 11.3 Å². The third-order valence-corrected chi connectivity index (χ3v) is 4.84. The second kappa shape index (κ2) is 8.33. The van der Waals surface area contributed by atoms with E-state index in [1.807, 2.05) is 0 Å². The Labute approximate surface area is 181 Å². The molecule has 0 aliphatic heterocycles. The van der Waals surface area contributed by atoms with E-state index in [0.717, 1.165) is 0 Å². The van der Waals surface area contributed by atoms with E-state index in [1.54, 1.807) is 60.7 Å². The van der Waals surface area contributed by atoms with Crippen molar-refractivity contribution < 1.29 is 13.9 Å². The van der Waals surface area contributed by atoms with Crippen molar-refractivity contribution in [1.82, 2.24) is 4.98 Å². The van der Waals surface area contributed by atoms with E-state index < -0.39 is 0 Å². The molecule has 0 saturated heterocycles. The van der Waals surface area contributed by atoms with E-state index >= 15 is 0 Å². The fourth-order valence-electron chi connectivity index (χ4n) is 2.64. The molecule has 0 fully saturated rings. The smallest absolute Gasteiger partial charge is 0.262 e. The lowest BCUT2D eigenvalue weighted by atomic mass is 10.2. The predicted octanol–water partition coefficient (Wildman–Crippen LogP) is 6.47. The van der Waals surface area contributed by atoms with Crippen LogP contribution in [-0.2, 0) is 4.79 Å². The summed E-state index contributed by atoms with van der Waals surface area (Å²) in [5.74, 6) is 0.574. The zero-order chi connectivity index (χ0) is 20.4. The molecule has 0 saturated carbocycles. The van der Waals surface area contributed by atoms with Crippen molar-refractivity contribution in [3.63, 3.8) is 0 Å². The minimum Gasteiger partial charge on any atom is -0.484 e. The van der Waals surface area contributed by atoms with E-state index in [1.165, 1.54) is 0 Å². The van der Waals surface area contributed by atoms with Crippen LogP contribution in [0.4, 0.5) is 5.69 Å². The van der Waals surface area contributed by atoms with Gasteiger partial charge in [-0.2, -0.15) is 0 Å². The van der Waals surface area contributed by atoms with E-state index in [4.69, 9.17) is 44.0 Å². The number of halogens is 3. The zero-order valence-electron chi connectivity index (χ0n) is 14.8. The van der Waals surface area contributed by atoms with E-state index in [9.17, 15) is 4.79 Å². The maximum absolute atomic E-state index is 12.3. The largest absolute Gasteiger partial charge is 0.484 e. The van der Waals surface area contributed by atoms with Crippen molar-refractivity contribution in [3.05, 3.63) is 75.7 Å². The summed E-state index contributed by atoms with van der Waals surface area (Å²) in [5.41, 5.74) is 2.34. The van der Waals surface area contributed by atoms with E-state index in [-0.39, 0.29) is 12.5 Å². The average molecular weight is 448 g/mol. The highest BCUT2D eigenvalue weighted by atomic mass is 35.5. The summed E-state index contributed by atoms with van der Waals surface area (Å²) in [6, 6.07) is 17.0. The van der Waals surface area contributed by atoms with Crippen molar-refractivity contribution in [2.45, 2.75) is 0 Å². The summed E-state index contributed by atoms with van der Waals surface area (Å²) in [6.07, 6.45) is 0. The van der Waals surface area contributed by atoms with E-state index in [0.29, 0.717) is 49.1 Å². The molecule has 4 aromatic rings. The lowest BCUT2D eigenvalue weighted by Gasteiger charge is -2.10. The number of carbonyl (C=O) groups is 1. The molecule has 1 amide bonds. The molecule has 4 rings (SSSR count). The number of nitrogens with one attached hydrogen (secondary N) is 1. The van der Waals surface area contributed by atoms with Gasteiger partial charge in [-0.15, -0.1) is 0 Å². The summed E-state index contributed by atoms with van der Waals surface area (Å²) in [5, 5.41) is 4.28. The molecular weight excluding hydrogens is 435 g/mol. The first-order valence-electron chi connectivity index (χ1n) is 8.52. The molecular formula is C21H13Cl3N2O3. The highest BCUT2D eigenvalue weighted by Crippen LogP contribution is 2.31. The molecule has 29 heavy (non-hydrogen) atoms. The predicted molar refractivity (Wildman–Crippen MR) is 115 cm³/mol. The summed E-state index contributed by atoms with van der Waals surface area (Å²) < 4.78 is 11.2. The van der Waals surface area contributed by atoms with Gasteiger partial charge in [0.15, 0.2) is 12.2 Å². The maximum atomic E-state index is 12.3. The van der Waals surface area contributed by atoms with Gasteiger partial charge < -0.3 is 14.5 Å². The van der Waals surface area contributed by atoms with Gasteiger partial charge in [0.05, 0.1) is 10.7 Å². The molecule has 0 atom stereocenters. The Morgan fingerprint density at radius 2 is 1.72 bits per heavy atom. The summed E-state index contributed by atoms with van der Waals surface area (Å²) in [7, 11) is 0. The molecule has 1 N–H and O–H groups in total. The van der Waals surface area contributed by atoms with Crippen LogP contribution in [0, 0.1) is 0 Å². The second-order valence-electron chi connectivity index (χ2n) is 6.12. The number of fused-ring (bicyclic) bond motifs is 1. The number of nitrogens with zero attached hydrogens (tertiary/aromatic N) is 1. The van der Waals surface area contributed by atoms with Crippen LogP contribution >= 0.6 is 34.8 Å².